The molecule has 4 heteroatoms. The first kappa shape index (κ1) is 14.8. The predicted molar refractivity (Wildman–Crippen MR) is 75.4 cm³/mol. The molecular formula is C16H28O4. The van der Waals surface area contributed by atoms with Crippen LogP contribution in [0.4, 0.5) is 0 Å². The standard InChI is InChI=1S/C16H28O4/c1-3-7-13(8-4-1)19-15-11-18-16(12-17-15)20-14-9-5-2-6-10-14/h13-16H,1-12H2/t15-,16-/m1/s1. The molecule has 0 radical (unpaired) electrons. The molecular weight excluding hydrogens is 256 g/mol. The van der Waals surface area contributed by atoms with Gasteiger partial charge in [0.1, 0.15) is 13.2 Å². The van der Waals surface area contributed by atoms with E-state index in [0.717, 1.165) is 0 Å². The normalized spacial score (nSPS) is 34.2. The Morgan fingerprint density at radius 2 is 0.950 bits per heavy atom. The van der Waals surface area contributed by atoms with Crippen LogP contribution in [0.5, 0.6) is 0 Å². The molecule has 4 nitrogen and oxygen atoms in total. The molecule has 0 aromatic rings. The minimum absolute atomic E-state index is 0.190. The van der Waals surface area contributed by atoms with Crippen molar-refractivity contribution in [3.8, 4) is 0 Å². The number of ether oxygens (including phenoxy) is 4. The predicted octanol–water partition coefficient (Wildman–Crippen LogP) is 3.38. The number of rotatable bonds is 4. The van der Waals surface area contributed by atoms with Gasteiger partial charge in [-0.2, -0.15) is 0 Å². The zero-order chi connectivity index (χ0) is 13.6. The molecule has 3 rings (SSSR count). The molecule has 1 saturated heterocycles. The summed E-state index contributed by atoms with van der Waals surface area (Å²) in [5.74, 6) is 0. The lowest BCUT2D eigenvalue weighted by atomic mass is 9.98. The second-order valence-corrected chi connectivity index (χ2v) is 6.32. The van der Waals surface area contributed by atoms with Crippen LogP contribution in [-0.2, 0) is 18.9 Å². The van der Waals surface area contributed by atoms with E-state index in [1.54, 1.807) is 0 Å². The molecule has 3 aliphatic rings. The van der Waals surface area contributed by atoms with Crippen LogP contribution in [0.1, 0.15) is 64.2 Å². The molecule has 116 valence electrons. The molecule has 0 N–H and O–H groups in total. The van der Waals surface area contributed by atoms with E-state index in [0.29, 0.717) is 25.4 Å². The molecule has 1 heterocycles. The highest BCUT2D eigenvalue weighted by molar-refractivity contribution is 4.69. The Bertz CT molecular complexity index is 236. The van der Waals surface area contributed by atoms with Crippen LogP contribution < -0.4 is 0 Å². The van der Waals surface area contributed by atoms with Crippen LogP contribution >= 0.6 is 0 Å². The van der Waals surface area contributed by atoms with Crippen molar-refractivity contribution in [1.29, 1.82) is 0 Å². The SMILES string of the molecule is C1CCC(O[C@@H]2CO[C@H](OC3CCCCC3)CO2)CC1. The fourth-order valence-electron chi connectivity index (χ4n) is 3.46. The van der Waals surface area contributed by atoms with Gasteiger partial charge in [-0.25, -0.2) is 0 Å². The van der Waals surface area contributed by atoms with Crippen molar-refractivity contribution in [1.82, 2.24) is 0 Å². The smallest absolute Gasteiger partial charge is 0.181 e. The number of hydrogen-bond acceptors (Lipinski definition) is 4. The van der Waals surface area contributed by atoms with E-state index in [1.807, 2.05) is 0 Å². The lowest BCUT2D eigenvalue weighted by Crippen LogP contribution is -2.42. The molecule has 0 aromatic heterocycles. The highest BCUT2D eigenvalue weighted by Gasteiger charge is 2.28. The molecule has 0 spiro atoms. The summed E-state index contributed by atoms with van der Waals surface area (Å²) in [5.41, 5.74) is 0. The third kappa shape index (κ3) is 4.42. The van der Waals surface area contributed by atoms with Crippen molar-refractivity contribution in [3.05, 3.63) is 0 Å². The van der Waals surface area contributed by atoms with Crippen LogP contribution in [0, 0.1) is 0 Å². The third-order valence-electron chi connectivity index (χ3n) is 4.63. The van der Waals surface area contributed by atoms with E-state index in [9.17, 15) is 0 Å². The molecule has 0 bridgehead atoms. The van der Waals surface area contributed by atoms with Crippen molar-refractivity contribution in [2.45, 2.75) is 89.0 Å². The molecule has 20 heavy (non-hydrogen) atoms. The van der Waals surface area contributed by atoms with Crippen LogP contribution in [0.15, 0.2) is 0 Å². The fraction of sp³-hybridized carbons (Fsp3) is 1.00. The summed E-state index contributed by atoms with van der Waals surface area (Å²) in [6.07, 6.45) is 12.9. The molecule has 1 aliphatic heterocycles. The molecule has 3 fully saturated rings. The summed E-state index contributed by atoms with van der Waals surface area (Å²) in [6.45, 7) is 1.02. The van der Waals surface area contributed by atoms with Crippen LogP contribution in [-0.4, -0.2) is 38.0 Å². The van der Waals surface area contributed by atoms with Gasteiger partial charge in [-0.3, -0.25) is 0 Å². The van der Waals surface area contributed by atoms with E-state index >= 15 is 0 Å². The summed E-state index contributed by atoms with van der Waals surface area (Å²) < 4.78 is 23.5. The van der Waals surface area contributed by atoms with Crippen LogP contribution in [0.3, 0.4) is 0 Å². The Kier molecular flexibility index (Phi) is 5.71. The van der Waals surface area contributed by atoms with Crippen LogP contribution in [0.2, 0.25) is 0 Å². The summed E-state index contributed by atoms with van der Waals surface area (Å²) >= 11 is 0. The highest BCUT2D eigenvalue weighted by atomic mass is 16.8. The van der Waals surface area contributed by atoms with Crippen molar-refractivity contribution in [2.75, 3.05) is 13.2 Å². The third-order valence-corrected chi connectivity index (χ3v) is 4.63. The van der Waals surface area contributed by atoms with Crippen molar-refractivity contribution < 1.29 is 18.9 Å². The van der Waals surface area contributed by atoms with E-state index in [2.05, 4.69) is 0 Å². The average Bonchev–Trinajstić information content (AvgIpc) is 2.51. The molecule has 2 atom stereocenters. The maximum absolute atomic E-state index is 5.97. The number of hydrogen-bond donors (Lipinski definition) is 0. The van der Waals surface area contributed by atoms with Gasteiger partial charge in [0, 0.05) is 0 Å². The summed E-state index contributed by atoms with van der Waals surface area (Å²) in [6, 6.07) is 0. The molecule has 2 aliphatic carbocycles. The van der Waals surface area contributed by atoms with Gasteiger partial charge in [-0.1, -0.05) is 38.5 Å². The Labute approximate surface area is 122 Å². The maximum atomic E-state index is 5.97. The second kappa shape index (κ2) is 7.74. The minimum Gasteiger partial charge on any atom is -0.347 e. The van der Waals surface area contributed by atoms with Gasteiger partial charge in [0.25, 0.3) is 0 Å². The minimum atomic E-state index is -0.190. The molecule has 0 unspecified atom stereocenters. The summed E-state index contributed by atoms with van der Waals surface area (Å²) in [7, 11) is 0. The topological polar surface area (TPSA) is 36.9 Å². The zero-order valence-corrected chi connectivity index (χ0v) is 12.4. The second-order valence-electron chi connectivity index (χ2n) is 6.32. The van der Waals surface area contributed by atoms with Gasteiger partial charge in [0.05, 0.1) is 12.2 Å². The summed E-state index contributed by atoms with van der Waals surface area (Å²) in [5, 5.41) is 0. The van der Waals surface area contributed by atoms with Gasteiger partial charge < -0.3 is 18.9 Å². The van der Waals surface area contributed by atoms with Crippen molar-refractivity contribution >= 4 is 0 Å². The first-order chi connectivity index (χ1) is 9.90. The molecule has 2 saturated carbocycles. The van der Waals surface area contributed by atoms with E-state index in [-0.39, 0.29) is 12.6 Å². The molecule has 0 aromatic carbocycles. The maximum Gasteiger partial charge on any atom is 0.181 e. The van der Waals surface area contributed by atoms with Gasteiger partial charge in [-0.05, 0) is 25.7 Å². The van der Waals surface area contributed by atoms with Gasteiger partial charge in [0.2, 0.25) is 0 Å². The summed E-state index contributed by atoms with van der Waals surface area (Å²) in [4.78, 5) is 0. The first-order valence-corrected chi connectivity index (χ1v) is 8.44. The Morgan fingerprint density at radius 1 is 0.550 bits per heavy atom. The lowest BCUT2D eigenvalue weighted by molar-refractivity contribution is -0.309. The van der Waals surface area contributed by atoms with E-state index in [1.165, 1.54) is 64.2 Å². The van der Waals surface area contributed by atoms with E-state index in [4.69, 9.17) is 18.9 Å². The Balaban J connectivity index is 1.33. The monoisotopic (exact) mass is 284 g/mol. The van der Waals surface area contributed by atoms with Crippen molar-refractivity contribution in [3.63, 3.8) is 0 Å². The fourth-order valence-corrected chi connectivity index (χ4v) is 3.46. The van der Waals surface area contributed by atoms with Crippen LogP contribution in [0.25, 0.3) is 0 Å². The Morgan fingerprint density at radius 3 is 1.30 bits per heavy atom. The Hall–Kier alpha value is -0.160. The van der Waals surface area contributed by atoms with Gasteiger partial charge >= 0.3 is 0 Å². The van der Waals surface area contributed by atoms with Gasteiger partial charge in [-0.15, -0.1) is 0 Å². The van der Waals surface area contributed by atoms with Gasteiger partial charge in [0.15, 0.2) is 12.6 Å². The average molecular weight is 284 g/mol. The quantitative estimate of drug-likeness (QED) is 0.793. The van der Waals surface area contributed by atoms with Crippen molar-refractivity contribution in [2.24, 2.45) is 0 Å². The van der Waals surface area contributed by atoms with E-state index < -0.39 is 0 Å². The first-order valence-electron chi connectivity index (χ1n) is 8.44. The lowest BCUT2D eigenvalue weighted by Gasteiger charge is -2.35. The zero-order valence-electron chi connectivity index (χ0n) is 12.4. The molecule has 0 amide bonds. The largest absolute Gasteiger partial charge is 0.347 e. The highest BCUT2D eigenvalue weighted by Crippen LogP contribution is 2.25.